The Balaban J connectivity index is 2.88. The summed E-state index contributed by atoms with van der Waals surface area (Å²) in [7, 11) is 2.01. The van der Waals surface area contributed by atoms with Crippen molar-refractivity contribution in [1.82, 2.24) is 4.90 Å². The van der Waals surface area contributed by atoms with Crippen LogP contribution in [0, 0.1) is 5.92 Å². The highest BCUT2D eigenvalue weighted by atomic mass is 16.1. The zero-order valence-corrected chi connectivity index (χ0v) is 10.4. The molecule has 88 valence electrons. The van der Waals surface area contributed by atoms with Gasteiger partial charge in [-0.3, -0.25) is 9.69 Å². The van der Waals surface area contributed by atoms with Crippen LogP contribution < -0.4 is 0 Å². The van der Waals surface area contributed by atoms with Gasteiger partial charge in [-0.1, -0.05) is 43.4 Å². The van der Waals surface area contributed by atoms with Crippen LogP contribution in [0.25, 0.3) is 0 Å². The Morgan fingerprint density at radius 2 is 2.19 bits per heavy atom. The number of rotatable bonds is 1. The lowest BCUT2D eigenvalue weighted by Crippen LogP contribution is -2.39. The van der Waals surface area contributed by atoms with Gasteiger partial charge in [0, 0.05) is 6.54 Å². The van der Waals surface area contributed by atoms with Crippen molar-refractivity contribution in [3.63, 3.8) is 0 Å². The molecular weight excluding hydrogens is 198 g/mol. The number of hydrogen-bond donors (Lipinski definition) is 0. The lowest BCUT2D eigenvalue weighted by Gasteiger charge is -2.28. The SMILES string of the molecule is C=C1/C=C\C=C/C(C)CN(C)C(C(C)=O)C1. The van der Waals surface area contributed by atoms with Gasteiger partial charge in [-0.25, -0.2) is 0 Å². The number of allylic oxidation sites excluding steroid dienone is 3. The van der Waals surface area contributed by atoms with Crippen LogP contribution >= 0.6 is 0 Å². The van der Waals surface area contributed by atoms with E-state index in [9.17, 15) is 4.79 Å². The molecule has 0 spiro atoms. The van der Waals surface area contributed by atoms with Gasteiger partial charge in [0.05, 0.1) is 6.04 Å². The third-order valence-electron chi connectivity index (χ3n) is 2.92. The van der Waals surface area contributed by atoms with Crippen LogP contribution in [-0.2, 0) is 4.79 Å². The molecule has 0 N–H and O–H groups in total. The fourth-order valence-corrected chi connectivity index (χ4v) is 2.01. The van der Waals surface area contributed by atoms with Gasteiger partial charge in [0.25, 0.3) is 0 Å². The fraction of sp³-hybridized carbons (Fsp3) is 0.500. The standard InChI is InChI=1S/C14H21NO/c1-11-7-5-6-8-12(2)10-15(4)14(9-11)13(3)16/h5-8,12,14H,1,9-10H2,2-4H3/b7-5-,8-6-. The van der Waals surface area contributed by atoms with E-state index in [2.05, 4.69) is 30.6 Å². The molecule has 0 saturated carbocycles. The quantitative estimate of drug-likeness (QED) is 0.675. The lowest BCUT2D eigenvalue weighted by molar-refractivity contribution is -0.121. The minimum Gasteiger partial charge on any atom is -0.298 e. The summed E-state index contributed by atoms with van der Waals surface area (Å²) in [6.45, 7) is 8.70. The Hall–Kier alpha value is -1.15. The van der Waals surface area contributed by atoms with Crippen molar-refractivity contribution in [1.29, 1.82) is 0 Å². The molecular formula is C14H21NO. The predicted molar refractivity (Wildman–Crippen MR) is 68.3 cm³/mol. The molecule has 1 aliphatic heterocycles. The summed E-state index contributed by atoms with van der Waals surface area (Å²) in [5, 5.41) is 0. The largest absolute Gasteiger partial charge is 0.298 e. The Morgan fingerprint density at radius 1 is 1.50 bits per heavy atom. The fourth-order valence-electron chi connectivity index (χ4n) is 2.01. The van der Waals surface area contributed by atoms with Gasteiger partial charge in [-0.15, -0.1) is 0 Å². The van der Waals surface area contributed by atoms with Crippen molar-refractivity contribution < 1.29 is 4.79 Å². The number of nitrogens with zero attached hydrogens (tertiary/aromatic N) is 1. The van der Waals surface area contributed by atoms with E-state index in [1.165, 1.54) is 0 Å². The molecule has 0 aromatic heterocycles. The van der Waals surface area contributed by atoms with E-state index in [4.69, 9.17) is 0 Å². The molecule has 2 atom stereocenters. The molecule has 0 aromatic rings. The van der Waals surface area contributed by atoms with Gasteiger partial charge in [0.2, 0.25) is 0 Å². The molecule has 0 fully saturated rings. The number of Topliss-reactive ketones (excluding diaryl/α,β-unsaturated/α-hetero) is 1. The van der Waals surface area contributed by atoms with E-state index in [0.717, 1.165) is 18.5 Å². The highest BCUT2D eigenvalue weighted by molar-refractivity contribution is 5.81. The molecule has 0 amide bonds. The maximum atomic E-state index is 11.6. The van der Waals surface area contributed by atoms with E-state index >= 15 is 0 Å². The van der Waals surface area contributed by atoms with Gasteiger partial charge in [0.1, 0.15) is 5.78 Å². The van der Waals surface area contributed by atoms with E-state index < -0.39 is 0 Å². The van der Waals surface area contributed by atoms with Crippen molar-refractivity contribution in [3.8, 4) is 0 Å². The van der Waals surface area contributed by atoms with Crippen LogP contribution in [-0.4, -0.2) is 30.3 Å². The predicted octanol–water partition coefficient (Wildman–Crippen LogP) is 2.58. The molecule has 1 heterocycles. The summed E-state index contributed by atoms with van der Waals surface area (Å²) >= 11 is 0. The Kier molecular flexibility index (Phi) is 4.69. The molecule has 0 aromatic carbocycles. The van der Waals surface area contributed by atoms with Gasteiger partial charge in [-0.05, 0) is 26.3 Å². The first-order valence-corrected chi connectivity index (χ1v) is 5.74. The first kappa shape index (κ1) is 12.9. The summed E-state index contributed by atoms with van der Waals surface area (Å²) in [5.41, 5.74) is 1.01. The Bertz CT molecular complexity index is 328. The summed E-state index contributed by atoms with van der Waals surface area (Å²) in [6, 6.07) is -0.0360. The van der Waals surface area contributed by atoms with Gasteiger partial charge in [0.15, 0.2) is 0 Å². The second kappa shape index (κ2) is 5.80. The van der Waals surface area contributed by atoms with Crippen molar-refractivity contribution in [2.75, 3.05) is 13.6 Å². The van der Waals surface area contributed by atoms with E-state index in [-0.39, 0.29) is 11.8 Å². The molecule has 1 rings (SSSR count). The number of carbonyl (C=O) groups excluding carboxylic acids is 1. The molecule has 0 saturated heterocycles. The maximum Gasteiger partial charge on any atom is 0.147 e. The minimum absolute atomic E-state index is 0.0360. The summed E-state index contributed by atoms with van der Waals surface area (Å²) < 4.78 is 0. The molecule has 2 nitrogen and oxygen atoms in total. The molecule has 1 aliphatic rings. The first-order valence-electron chi connectivity index (χ1n) is 5.74. The van der Waals surface area contributed by atoms with Crippen LogP contribution in [0.15, 0.2) is 36.5 Å². The number of ketones is 1. The van der Waals surface area contributed by atoms with Crippen molar-refractivity contribution in [2.24, 2.45) is 5.92 Å². The van der Waals surface area contributed by atoms with Gasteiger partial charge in [-0.2, -0.15) is 0 Å². The van der Waals surface area contributed by atoms with Crippen LogP contribution in [0.5, 0.6) is 0 Å². The normalized spacial score (nSPS) is 32.1. The first-order chi connectivity index (χ1) is 7.50. The number of hydrogen-bond acceptors (Lipinski definition) is 2. The van der Waals surface area contributed by atoms with Gasteiger partial charge < -0.3 is 0 Å². The molecule has 0 radical (unpaired) electrons. The van der Waals surface area contributed by atoms with E-state index in [1.54, 1.807) is 6.92 Å². The Morgan fingerprint density at radius 3 is 2.81 bits per heavy atom. The average molecular weight is 219 g/mol. The smallest absolute Gasteiger partial charge is 0.147 e. The lowest BCUT2D eigenvalue weighted by atomic mass is 10.00. The summed E-state index contributed by atoms with van der Waals surface area (Å²) in [5.74, 6) is 0.677. The highest BCUT2D eigenvalue weighted by Crippen LogP contribution is 2.15. The van der Waals surface area contributed by atoms with Gasteiger partial charge >= 0.3 is 0 Å². The highest BCUT2D eigenvalue weighted by Gasteiger charge is 2.21. The second-order valence-electron chi connectivity index (χ2n) is 4.65. The summed E-state index contributed by atoms with van der Waals surface area (Å²) in [4.78, 5) is 13.7. The zero-order valence-electron chi connectivity index (χ0n) is 10.4. The Labute approximate surface area is 98.3 Å². The topological polar surface area (TPSA) is 20.3 Å². The van der Waals surface area contributed by atoms with E-state index in [0.29, 0.717) is 5.92 Å². The number of carbonyl (C=O) groups is 1. The zero-order chi connectivity index (χ0) is 12.1. The van der Waals surface area contributed by atoms with Crippen LogP contribution in [0.3, 0.4) is 0 Å². The maximum absolute atomic E-state index is 11.6. The molecule has 0 aliphatic carbocycles. The van der Waals surface area contributed by atoms with Crippen molar-refractivity contribution in [2.45, 2.75) is 26.3 Å². The summed E-state index contributed by atoms with van der Waals surface area (Å²) in [6.07, 6.45) is 8.92. The third-order valence-corrected chi connectivity index (χ3v) is 2.92. The minimum atomic E-state index is -0.0360. The monoisotopic (exact) mass is 219 g/mol. The molecule has 16 heavy (non-hydrogen) atoms. The second-order valence-corrected chi connectivity index (χ2v) is 4.65. The van der Waals surface area contributed by atoms with Crippen molar-refractivity contribution >= 4 is 5.78 Å². The van der Waals surface area contributed by atoms with Crippen LogP contribution in [0.1, 0.15) is 20.3 Å². The molecule has 2 unspecified atom stereocenters. The third kappa shape index (κ3) is 3.78. The molecule has 0 bridgehead atoms. The number of likely N-dealkylation sites (N-methyl/N-ethyl adjacent to an activating group) is 1. The van der Waals surface area contributed by atoms with Crippen molar-refractivity contribution in [3.05, 3.63) is 36.5 Å². The average Bonchev–Trinajstić information content (AvgIpc) is 2.19. The van der Waals surface area contributed by atoms with E-state index in [1.807, 2.05) is 19.2 Å². The molecule has 2 heteroatoms. The van der Waals surface area contributed by atoms with Crippen LogP contribution in [0.4, 0.5) is 0 Å². The van der Waals surface area contributed by atoms with Crippen LogP contribution in [0.2, 0.25) is 0 Å².